The molecule has 0 radical (unpaired) electrons. The summed E-state index contributed by atoms with van der Waals surface area (Å²) in [7, 11) is 1.57. The summed E-state index contributed by atoms with van der Waals surface area (Å²) in [6.45, 7) is 1.61. The van der Waals surface area contributed by atoms with Crippen LogP contribution >= 0.6 is 0 Å². The van der Waals surface area contributed by atoms with E-state index in [-0.39, 0.29) is 36.9 Å². The largest absolute Gasteiger partial charge is 0.497 e. The van der Waals surface area contributed by atoms with E-state index in [0.29, 0.717) is 22.8 Å². The maximum atomic E-state index is 13.3. The first-order valence-corrected chi connectivity index (χ1v) is 11.0. The van der Waals surface area contributed by atoms with Gasteiger partial charge in [-0.1, -0.05) is 24.3 Å². The number of methoxy groups -OCH3 is 1. The highest BCUT2D eigenvalue weighted by Gasteiger charge is 2.28. The van der Waals surface area contributed by atoms with Gasteiger partial charge in [0.15, 0.2) is 5.82 Å². The number of nitrogens with one attached hydrogen (secondary N) is 1. The van der Waals surface area contributed by atoms with Gasteiger partial charge in [0.2, 0.25) is 11.8 Å². The van der Waals surface area contributed by atoms with E-state index in [1.165, 1.54) is 4.90 Å². The smallest absolute Gasteiger partial charge is 0.340 e. The predicted molar refractivity (Wildman–Crippen MR) is 131 cm³/mol. The number of amides is 2. The molecule has 0 unspecified atom stereocenters. The number of aromatic nitrogens is 1. The van der Waals surface area contributed by atoms with Crippen LogP contribution in [0.4, 0.5) is 17.2 Å². The van der Waals surface area contributed by atoms with Crippen molar-refractivity contribution >= 4 is 40.7 Å². The highest BCUT2D eigenvalue weighted by molar-refractivity contribution is 6.18. The Labute approximate surface area is 202 Å². The number of para-hydroxylation sites is 1. The summed E-state index contributed by atoms with van der Waals surface area (Å²) in [6.07, 6.45) is 1.51. The first kappa shape index (κ1) is 23.6. The monoisotopic (exact) mass is 472 g/mol. The van der Waals surface area contributed by atoms with E-state index in [4.69, 9.17) is 9.47 Å². The van der Waals surface area contributed by atoms with E-state index in [2.05, 4.69) is 15.3 Å². The number of nitrogens with zero attached hydrogens (tertiary/aromatic N) is 3. The van der Waals surface area contributed by atoms with Crippen LogP contribution in [0.5, 0.6) is 5.75 Å². The predicted octanol–water partition coefficient (Wildman–Crippen LogP) is 3.76. The Morgan fingerprint density at radius 3 is 2.71 bits per heavy atom. The lowest BCUT2D eigenvalue weighted by atomic mass is 10.1. The Kier molecular flexibility index (Phi) is 7.15. The minimum atomic E-state index is -0.544. The number of rotatable bonds is 7. The lowest BCUT2D eigenvalue weighted by Crippen LogP contribution is -2.39. The number of hydrogen-bond donors (Lipinski definition) is 1. The molecule has 9 nitrogen and oxygen atoms in total. The lowest BCUT2D eigenvalue weighted by molar-refractivity contribution is -0.120. The molecule has 4 rings (SSSR count). The van der Waals surface area contributed by atoms with Crippen molar-refractivity contribution in [2.45, 2.75) is 13.3 Å². The van der Waals surface area contributed by atoms with E-state index in [1.807, 2.05) is 18.2 Å². The van der Waals surface area contributed by atoms with Gasteiger partial charge in [0.05, 0.1) is 37.1 Å². The fourth-order valence-electron chi connectivity index (χ4n) is 3.67. The third-order valence-electron chi connectivity index (χ3n) is 5.30. The van der Waals surface area contributed by atoms with Gasteiger partial charge in [-0.3, -0.25) is 14.5 Å². The summed E-state index contributed by atoms with van der Waals surface area (Å²) in [5.74, 6) is -0.444. The van der Waals surface area contributed by atoms with Crippen LogP contribution in [0.15, 0.2) is 71.9 Å². The minimum absolute atomic E-state index is 0.0315. The number of esters is 1. The third-order valence-corrected chi connectivity index (χ3v) is 5.30. The zero-order valence-corrected chi connectivity index (χ0v) is 19.4. The molecule has 3 aromatic rings. The fraction of sp³-hybridized carbons (Fsp3) is 0.192. The Hall–Kier alpha value is -4.53. The topological polar surface area (TPSA) is 110 Å². The standard InChI is InChI=1S/C26H24N4O5/c1-3-35-26(33)19-10-4-5-11-20(19)29-23(31)16-30-24(32)15-22(17-8-6-9-18(14-17)34-2)28-21-12-7-13-27-25(21)30/h4-14H,3,15-16H2,1-2H3,(H,29,31). The number of anilines is 2. The van der Waals surface area contributed by atoms with Gasteiger partial charge < -0.3 is 14.8 Å². The van der Waals surface area contributed by atoms with Crippen LogP contribution in [0.3, 0.4) is 0 Å². The van der Waals surface area contributed by atoms with Crippen molar-refractivity contribution in [3.8, 4) is 5.75 Å². The van der Waals surface area contributed by atoms with Crippen molar-refractivity contribution in [3.05, 3.63) is 78.0 Å². The number of carbonyl (C=O) groups excluding carboxylic acids is 3. The molecule has 9 heteroatoms. The second-order valence-corrected chi connectivity index (χ2v) is 7.61. The number of benzene rings is 2. The van der Waals surface area contributed by atoms with Crippen LogP contribution in [0.1, 0.15) is 29.3 Å². The summed E-state index contributed by atoms with van der Waals surface area (Å²) in [5, 5.41) is 2.71. The molecule has 178 valence electrons. The molecule has 1 aliphatic rings. The molecule has 0 atom stereocenters. The number of pyridine rings is 1. The Morgan fingerprint density at radius 2 is 1.91 bits per heavy atom. The van der Waals surface area contributed by atoms with Gasteiger partial charge in [-0.2, -0.15) is 0 Å². The van der Waals surface area contributed by atoms with Crippen LogP contribution in [0, 0.1) is 0 Å². The quantitative estimate of drug-likeness (QED) is 0.524. The average molecular weight is 473 g/mol. The Morgan fingerprint density at radius 1 is 1.09 bits per heavy atom. The normalized spacial score (nSPS) is 12.8. The third kappa shape index (κ3) is 5.35. The summed E-state index contributed by atoms with van der Waals surface area (Å²) in [5.41, 5.74) is 2.27. The van der Waals surface area contributed by atoms with Gasteiger partial charge in [0.1, 0.15) is 18.0 Å². The molecule has 2 aromatic carbocycles. The van der Waals surface area contributed by atoms with Crippen LogP contribution in [0.25, 0.3) is 0 Å². The van der Waals surface area contributed by atoms with Gasteiger partial charge in [-0.25, -0.2) is 14.8 Å². The van der Waals surface area contributed by atoms with Crippen molar-refractivity contribution in [2.24, 2.45) is 4.99 Å². The maximum Gasteiger partial charge on any atom is 0.340 e. The molecule has 0 saturated carbocycles. The van der Waals surface area contributed by atoms with E-state index in [9.17, 15) is 14.4 Å². The highest BCUT2D eigenvalue weighted by Crippen LogP contribution is 2.31. The Balaban J connectivity index is 1.59. The van der Waals surface area contributed by atoms with Crippen molar-refractivity contribution < 1.29 is 23.9 Å². The van der Waals surface area contributed by atoms with Crippen LogP contribution in [-0.2, 0) is 14.3 Å². The summed E-state index contributed by atoms with van der Waals surface area (Å²) < 4.78 is 10.4. The minimum Gasteiger partial charge on any atom is -0.497 e. The molecule has 0 spiro atoms. The molecule has 0 fully saturated rings. The summed E-state index contributed by atoms with van der Waals surface area (Å²) >= 11 is 0. The van der Waals surface area contributed by atoms with Crippen LogP contribution in [0.2, 0.25) is 0 Å². The fourth-order valence-corrected chi connectivity index (χ4v) is 3.67. The van der Waals surface area contributed by atoms with E-state index in [0.717, 1.165) is 5.56 Å². The first-order valence-electron chi connectivity index (χ1n) is 11.0. The maximum absolute atomic E-state index is 13.3. The second-order valence-electron chi connectivity index (χ2n) is 7.61. The van der Waals surface area contributed by atoms with Crippen molar-refractivity contribution in [2.75, 3.05) is 30.5 Å². The first-order chi connectivity index (χ1) is 17.0. The van der Waals surface area contributed by atoms with E-state index in [1.54, 1.807) is 62.7 Å². The molecule has 0 bridgehead atoms. The molecular weight excluding hydrogens is 448 g/mol. The van der Waals surface area contributed by atoms with Crippen molar-refractivity contribution in [1.82, 2.24) is 4.98 Å². The molecule has 0 aliphatic carbocycles. The molecule has 1 N–H and O–H groups in total. The highest BCUT2D eigenvalue weighted by atomic mass is 16.5. The summed E-state index contributed by atoms with van der Waals surface area (Å²) in [6, 6.07) is 17.3. The van der Waals surface area contributed by atoms with E-state index < -0.39 is 11.9 Å². The van der Waals surface area contributed by atoms with Crippen LogP contribution in [-0.4, -0.2) is 48.7 Å². The number of ether oxygens (including phenoxy) is 2. The second kappa shape index (κ2) is 10.6. The van der Waals surface area contributed by atoms with E-state index >= 15 is 0 Å². The van der Waals surface area contributed by atoms with Gasteiger partial charge in [-0.05, 0) is 43.3 Å². The molecule has 0 saturated heterocycles. The summed E-state index contributed by atoms with van der Waals surface area (Å²) in [4.78, 5) is 48.8. The lowest BCUT2D eigenvalue weighted by Gasteiger charge is -2.21. The molecular formula is C26H24N4O5. The average Bonchev–Trinajstić information content (AvgIpc) is 3.01. The Bertz CT molecular complexity index is 1300. The van der Waals surface area contributed by atoms with Gasteiger partial charge in [-0.15, -0.1) is 0 Å². The van der Waals surface area contributed by atoms with Gasteiger partial charge in [0.25, 0.3) is 0 Å². The number of fused-ring (bicyclic) bond motifs is 1. The number of aliphatic imine (C=N–C) groups is 1. The van der Waals surface area contributed by atoms with Gasteiger partial charge >= 0.3 is 5.97 Å². The zero-order chi connectivity index (χ0) is 24.8. The number of hydrogen-bond acceptors (Lipinski definition) is 7. The zero-order valence-electron chi connectivity index (χ0n) is 19.4. The molecule has 1 aliphatic heterocycles. The molecule has 2 heterocycles. The van der Waals surface area contributed by atoms with Crippen molar-refractivity contribution in [1.29, 1.82) is 0 Å². The molecule has 35 heavy (non-hydrogen) atoms. The van der Waals surface area contributed by atoms with Crippen LogP contribution < -0.4 is 15.0 Å². The molecule has 1 aromatic heterocycles. The van der Waals surface area contributed by atoms with Gasteiger partial charge in [0, 0.05) is 11.8 Å². The SMILES string of the molecule is CCOC(=O)c1ccccc1NC(=O)CN1C(=O)CC(c2cccc(OC)c2)=Nc2cccnc21. The van der Waals surface area contributed by atoms with Crippen molar-refractivity contribution in [3.63, 3.8) is 0 Å². The number of carbonyl (C=O) groups is 3. The molecule has 2 amide bonds.